The van der Waals surface area contributed by atoms with Crippen molar-refractivity contribution in [2.24, 2.45) is 17.6 Å². The quantitative estimate of drug-likeness (QED) is 0.867. The third-order valence-electron chi connectivity index (χ3n) is 4.44. The summed E-state index contributed by atoms with van der Waals surface area (Å²) in [4.78, 5) is 12.2. The van der Waals surface area contributed by atoms with Crippen LogP contribution in [0.15, 0.2) is 24.3 Å². The van der Waals surface area contributed by atoms with Gasteiger partial charge in [0.05, 0.1) is 0 Å². The summed E-state index contributed by atoms with van der Waals surface area (Å²) in [5.74, 6) is 1.41. The maximum absolute atomic E-state index is 12.2. The van der Waals surface area contributed by atoms with Crippen molar-refractivity contribution in [1.82, 2.24) is 5.32 Å². The Morgan fingerprint density at radius 1 is 1.35 bits per heavy atom. The highest BCUT2D eigenvalue weighted by atomic mass is 16.1. The van der Waals surface area contributed by atoms with Crippen molar-refractivity contribution >= 4 is 5.91 Å². The van der Waals surface area contributed by atoms with Gasteiger partial charge in [0.25, 0.3) is 5.91 Å². The number of rotatable bonds is 5. The van der Waals surface area contributed by atoms with Crippen molar-refractivity contribution in [1.29, 1.82) is 0 Å². The summed E-state index contributed by atoms with van der Waals surface area (Å²) >= 11 is 0. The number of amides is 1. The molecule has 1 amide bonds. The van der Waals surface area contributed by atoms with E-state index >= 15 is 0 Å². The Morgan fingerprint density at radius 3 is 2.90 bits per heavy atom. The van der Waals surface area contributed by atoms with Gasteiger partial charge in [0.15, 0.2) is 0 Å². The molecule has 0 aliphatic heterocycles. The highest BCUT2D eigenvalue weighted by molar-refractivity contribution is 5.94. The summed E-state index contributed by atoms with van der Waals surface area (Å²) in [6.45, 7) is 3.73. The largest absolute Gasteiger partial charge is 0.352 e. The molecule has 1 aromatic carbocycles. The molecule has 1 saturated carbocycles. The molecule has 2 atom stereocenters. The van der Waals surface area contributed by atoms with E-state index in [4.69, 9.17) is 5.73 Å². The Balaban J connectivity index is 1.89. The van der Waals surface area contributed by atoms with Gasteiger partial charge < -0.3 is 11.1 Å². The molecule has 0 spiro atoms. The van der Waals surface area contributed by atoms with Gasteiger partial charge in [-0.2, -0.15) is 0 Å². The smallest absolute Gasteiger partial charge is 0.251 e. The molecule has 1 aromatic rings. The third-order valence-corrected chi connectivity index (χ3v) is 4.44. The van der Waals surface area contributed by atoms with Crippen LogP contribution in [-0.2, 0) is 6.42 Å². The first kappa shape index (κ1) is 15.0. The molecule has 3 N–H and O–H groups in total. The van der Waals surface area contributed by atoms with Crippen LogP contribution in [0.25, 0.3) is 0 Å². The summed E-state index contributed by atoms with van der Waals surface area (Å²) in [5, 5.41) is 3.10. The number of nitrogens with two attached hydrogens (primary N) is 1. The fraction of sp³-hybridized carbons (Fsp3) is 0.588. The Kier molecular flexibility index (Phi) is 5.60. The van der Waals surface area contributed by atoms with Gasteiger partial charge in [-0.05, 0) is 48.9 Å². The molecule has 1 fully saturated rings. The van der Waals surface area contributed by atoms with Gasteiger partial charge in [0, 0.05) is 12.1 Å². The maximum Gasteiger partial charge on any atom is 0.251 e. The zero-order valence-corrected chi connectivity index (χ0v) is 12.4. The molecule has 0 radical (unpaired) electrons. The first-order valence-electron chi connectivity index (χ1n) is 7.78. The number of nitrogens with one attached hydrogen (secondary N) is 1. The van der Waals surface area contributed by atoms with Crippen LogP contribution in [-0.4, -0.2) is 19.0 Å². The Morgan fingerprint density at radius 2 is 2.15 bits per heavy atom. The van der Waals surface area contributed by atoms with Gasteiger partial charge in [-0.15, -0.1) is 0 Å². The zero-order valence-electron chi connectivity index (χ0n) is 12.4. The van der Waals surface area contributed by atoms with Gasteiger partial charge in [0.1, 0.15) is 0 Å². The van der Waals surface area contributed by atoms with Crippen molar-refractivity contribution in [2.75, 3.05) is 13.1 Å². The van der Waals surface area contributed by atoms with Crippen molar-refractivity contribution in [3.8, 4) is 0 Å². The number of benzene rings is 1. The summed E-state index contributed by atoms with van der Waals surface area (Å²) in [6.07, 6.45) is 6.01. The number of hydrogen-bond donors (Lipinski definition) is 2. The first-order valence-corrected chi connectivity index (χ1v) is 7.78. The van der Waals surface area contributed by atoms with E-state index in [0.717, 1.165) is 30.0 Å². The lowest BCUT2D eigenvalue weighted by atomic mass is 9.80. The normalized spacial score (nSPS) is 22.5. The van der Waals surface area contributed by atoms with Crippen molar-refractivity contribution in [3.05, 3.63) is 35.4 Å². The summed E-state index contributed by atoms with van der Waals surface area (Å²) in [5.41, 5.74) is 7.44. The Hall–Kier alpha value is -1.35. The molecule has 0 heterocycles. The van der Waals surface area contributed by atoms with Crippen LogP contribution in [0.4, 0.5) is 0 Å². The minimum absolute atomic E-state index is 0.0432. The highest BCUT2D eigenvalue weighted by Crippen LogP contribution is 2.28. The summed E-state index contributed by atoms with van der Waals surface area (Å²) < 4.78 is 0. The Bertz CT molecular complexity index is 444. The van der Waals surface area contributed by atoms with E-state index in [2.05, 4.69) is 12.2 Å². The fourth-order valence-electron chi connectivity index (χ4n) is 3.06. The van der Waals surface area contributed by atoms with E-state index in [1.807, 2.05) is 24.3 Å². The number of hydrogen-bond acceptors (Lipinski definition) is 2. The van der Waals surface area contributed by atoms with E-state index in [0.29, 0.717) is 12.5 Å². The van der Waals surface area contributed by atoms with Gasteiger partial charge in [-0.25, -0.2) is 0 Å². The standard InChI is InChI=1S/C17H26N2O/c1-13-5-2-3-7-16(13)12-19-17(20)15-8-4-6-14(11-15)9-10-18/h4,6,8,11,13,16H,2-3,5,7,9-10,12,18H2,1H3,(H,19,20). The lowest BCUT2D eigenvalue weighted by molar-refractivity contribution is 0.0936. The molecular weight excluding hydrogens is 248 g/mol. The maximum atomic E-state index is 12.2. The van der Waals surface area contributed by atoms with Crippen LogP contribution in [0, 0.1) is 11.8 Å². The second-order valence-corrected chi connectivity index (χ2v) is 5.97. The van der Waals surface area contributed by atoms with E-state index < -0.39 is 0 Å². The predicted octanol–water partition coefficient (Wildman–Crippen LogP) is 2.74. The second-order valence-electron chi connectivity index (χ2n) is 5.97. The predicted molar refractivity (Wildman–Crippen MR) is 82.7 cm³/mol. The highest BCUT2D eigenvalue weighted by Gasteiger charge is 2.21. The van der Waals surface area contributed by atoms with Gasteiger partial charge >= 0.3 is 0 Å². The molecule has 110 valence electrons. The van der Waals surface area contributed by atoms with Gasteiger partial charge in [-0.3, -0.25) is 4.79 Å². The van der Waals surface area contributed by atoms with Crippen molar-refractivity contribution in [2.45, 2.75) is 39.0 Å². The van der Waals surface area contributed by atoms with Gasteiger partial charge in [0.2, 0.25) is 0 Å². The average Bonchev–Trinajstić information content (AvgIpc) is 2.47. The van der Waals surface area contributed by atoms with E-state index in [9.17, 15) is 4.79 Å². The zero-order chi connectivity index (χ0) is 14.4. The molecule has 0 saturated heterocycles. The Labute approximate surface area is 121 Å². The van der Waals surface area contributed by atoms with Gasteiger partial charge in [-0.1, -0.05) is 38.3 Å². The first-order chi connectivity index (χ1) is 9.70. The lowest BCUT2D eigenvalue weighted by Crippen LogP contribution is -2.33. The minimum Gasteiger partial charge on any atom is -0.352 e. The molecule has 0 aromatic heterocycles. The molecule has 0 bridgehead atoms. The summed E-state index contributed by atoms with van der Waals surface area (Å²) in [7, 11) is 0. The van der Waals surface area contributed by atoms with Crippen LogP contribution in [0.5, 0.6) is 0 Å². The van der Waals surface area contributed by atoms with Crippen LogP contribution in [0.1, 0.15) is 48.5 Å². The lowest BCUT2D eigenvalue weighted by Gasteiger charge is -2.28. The van der Waals surface area contributed by atoms with Crippen LogP contribution < -0.4 is 11.1 Å². The van der Waals surface area contributed by atoms with E-state index in [1.54, 1.807) is 0 Å². The molecule has 1 aliphatic carbocycles. The second kappa shape index (κ2) is 7.44. The van der Waals surface area contributed by atoms with Crippen molar-refractivity contribution in [3.63, 3.8) is 0 Å². The average molecular weight is 274 g/mol. The molecule has 2 rings (SSSR count). The number of carbonyl (C=O) groups excluding carboxylic acids is 1. The van der Waals surface area contributed by atoms with E-state index in [-0.39, 0.29) is 5.91 Å². The molecule has 3 nitrogen and oxygen atoms in total. The fourth-order valence-corrected chi connectivity index (χ4v) is 3.06. The monoisotopic (exact) mass is 274 g/mol. The summed E-state index contributed by atoms with van der Waals surface area (Å²) in [6, 6.07) is 7.78. The molecule has 1 aliphatic rings. The molecule has 20 heavy (non-hydrogen) atoms. The van der Waals surface area contributed by atoms with Crippen LogP contribution >= 0.6 is 0 Å². The van der Waals surface area contributed by atoms with Crippen LogP contribution in [0.3, 0.4) is 0 Å². The number of carbonyl (C=O) groups is 1. The van der Waals surface area contributed by atoms with Crippen LogP contribution in [0.2, 0.25) is 0 Å². The van der Waals surface area contributed by atoms with Crippen molar-refractivity contribution < 1.29 is 4.79 Å². The minimum atomic E-state index is 0.0432. The topological polar surface area (TPSA) is 55.1 Å². The molecule has 2 unspecified atom stereocenters. The molecular formula is C17H26N2O. The molecule has 3 heteroatoms. The third kappa shape index (κ3) is 4.07. The SMILES string of the molecule is CC1CCCCC1CNC(=O)c1cccc(CCN)c1. The van der Waals surface area contributed by atoms with E-state index in [1.165, 1.54) is 25.7 Å².